The van der Waals surface area contributed by atoms with E-state index >= 15 is 0 Å². The Balaban J connectivity index is 1.56. The van der Waals surface area contributed by atoms with Gasteiger partial charge in [0.1, 0.15) is 0 Å². The molecule has 1 fully saturated rings. The summed E-state index contributed by atoms with van der Waals surface area (Å²) in [7, 11) is 0. The summed E-state index contributed by atoms with van der Waals surface area (Å²) >= 11 is 11.8. The summed E-state index contributed by atoms with van der Waals surface area (Å²) in [5.41, 5.74) is 0.0500. The van der Waals surface area contributed by atoms with Crippen molar-refractivity contribution >= 4 is 29.1 Å². The number of hydrogen-bond donors (Lipinski definition) is 1. The lowest BCUT2D eigenvalue weighted by atomic mass is 10.2. The zero-order chi connectivity index (χ0) is 18.9. The van der Waals surface area contributed by atoms with Crippen molar-refractivity contribution in [2.75, 3.05) is 6.54 Å². The SMILES string of the molecule is O=C(NCCCn1nc(C(F)(F)F)cc1C1CC1)c1ccc(Cl)cc1Cl. The van der Waals surface area contributed by atoms with Gasteiger partial charge in [0.2, 0.25) is 0 Å². The van der Waals surface area contributed by atoms with Crippen LogP contribution in [-0.2, 0) is 12.7 Å². The number of carbonyl (C=O) groups is 1. The van der Waals surface area contributed by atoms with Crippen molar-refractivity contribution in [1.29, 1.82) is 0 Å². The zero-order valence-corrected chi connectivity index (χ0v) is 15.1. The Hall–Kier alpha value is -1.73. The van der Waals surface area contributed by atoms with Crippen molar-refractivity contribution in [3.8, 4) is 0 Å². The fraction of sp³-hybridized carbons (Fsp3) is 0.412. The molecule has 0 bridgehead atoms. The van der Waals surface area contributed by atoms with Gasteiger partial charge in [-0.2, -0.15) is 18.3 Å². The molecule has 0 saturated heterocycles. The first-order chi connectivity index (χ1) is 12.3. The minimum Gasteiger partial charge on any atom is -0.352 e. The largest absolute Gasteiger partial charge is 0.435 e. The quantitative estimate of drug-likeness (QED) is 0.694. The molecule has 1 heterocycles. The number of nitrogens with one attached hydrogen (secondary N) is 1. The molecule has 1 aliphatic carbocycles. The molecule has 26 heavy (non-hydrogen) atoms. The predicted molar refractivity (Wildman–Crippen MR) is 92.6 cm³/mol. The lowest BCUT2D eigenvalue weighted by molar-refractivity contribution is -0.141. The van der Waals surface area contributed by atoms with Gasteiger partial charge in [-0.05, 0) is 43.5 Å². The second kappa shape index (κ2) is 7.48. The van der Waals surface area contributed by atoms with Crippen molar-refractivity contribution in [2.45, 2.75) is 37.9 Å². The molecule has 0 atom stereocenters. The van der Waals surface area contributed by atoms with Crippen LogP contribution in [0.5, 0.6) is 0 Å². The van der Waals surface area contributed by atoms with Crippen LogP contribution >= 0.6 is 23.2 Å². The average molecular weight is 406 g/mol. The summed E-state index contributed by atoms with van der Waals surface area (Å²) in [5.74, 6) is -0.202. The first-order valence-electron chi connectivity index (χ1n) is 8.14. The highest BCUT2D eigenvalue weighted by atomic mass is 35.5. The Morgan fingerprint density at radius 1 is 1.27 bits per heavy atom. The lowest BCUT2D eigenvalue weighted by Crippen LogP contribution is -2.25. The summed E-state index contributed by atoms with van der Waals surface area (Å²) in [4.78, 5) is 12.1. The number of aromatic nitrogens is 2. The molecule has 0 aliphatic heterocycles. The molecule has 3 rings (SSSR count). The number of amides is 1. The molecule has 1 aliphatic rings. The third-order valence-electron chi connectivity index (χ3n) is 4.11. The summed E-state index contributed by atoms with van der Waals surface area (Å²) < 4.78 is 40.0. The molecule has 4 nitrogen and oxygen atoms in total. The van der Waals surface area contributed by atoms with E-state index in [0.29, 0.717) is 35.8 Å². The fourth-order valence-electron chi connectivity index (χ4n) is 2.66. The van der Waals surface area contributed by atoms with E-state index in [0.717, 1.165) is 18.9 Å². The summed E-state index contributed by atoms with van der Waals surface area (Å²) in [6.45, 7) is 0.597. The van der Waals surface area contributed by atoms with Crippen LogP contribution in [0.15, 0.2) is 24.3 Å². The van der Waals surface area contributed by atoms with Crippen LogP contribution in [0.3, 0.4) is 0 Å². The zero-order valence-electron chi connectivity index (χ0n) is 13.6. The van der Waals surface area contributed by atoms with Crippen molar-refractivity contribution in [2.24, 2.45) is 0 Å². The summed E-state index contributed by atoms with van der Waals surface area (Å²) in [6, 6.07) is 5.69. The first kappa shape index (κ1) is 19.0. The van der Waals surface area contributed by atoms with Gasteiger partial charge < -0.3 is 5.32 Å². The van der Waals surface area contributed by atoms with Gasteiger partial charge in [0, 0.05) is 29.7 Å². The van der Waals surface area contributed by atoms with Gasteiger partial charge in [0.05, 0.1) is 10.6 Å². The molecule has 140 valence electrons. The van der Waals surface area contributed by atoms with E-state index in [1.807, 2.05) is 0 Å². The van der Waals surface area contributed by atoms with Crippen LogP contribution in [0, 0.1) is 0 Å². The van der Waals surface area contributed by atoms with Crippen LogP contribution in [0.4, 0.5) is 13.2 Å². The van der Waals surface area contributed by atoms with Crippen molar-refractivity contribution < 1.29 is 18.0 Å². The monoisotopic (exact) mass is 405 g/mol. The maximum absolute atomic E-state index is 12.9. The third kappa shape index (κ3) is 4.51. The molecule has 0 unspecified atom stereocenters. The molecule has 1 amide bonds. The Labute approximate surface area is 158 Å². The fourth-order valence-corrected chi connectivity index (χ4v) is 3.15. The van der Waals surface area contributed by atoms with E-state index in [9.17, 15) is 18.0 Å². The van der Waals surface area contributed by atoms with E-state index in [2.05, 4.69) is 10.4 Å². The normalized spacial score (nSPS) is 14.5. The number of aryl methyl sites for hydroxylation is 1. The van der Waals surface area contributed by atoms with Gasteiger partial charge in [-0.3, -0.25) is 9.48 Å². The Kier molecular flexibility index (Phi) is 5.48. The smallest absolute Gasteiger partial charge is 0.352 e. The highest BCUT2D eigenvalue weighted by molar-refractivity contribution is 6.36. The number of benzene rings is 1. The molecule has 1 N–H and O–H groups in total. The number of hydrogen-bond acceptors (Lipinski definition) is 2. The van der Waals surface area contributed by atoms with E-state index < -0.39 is 11.9 Å². The lowest BCUT2D eigenvalue weighted by Gasteiger charge is -2.09. The summed E-state index contributed by atoms with van der Waals surface area (Å²) in [5, 5.41) is 7.06. The first-order valence-corrected chi connectivity index (χ1v) is 8.89. The maximum atomic E-state index is 12.9. The van der Waals surface area contributed by atoms with Crippen LogP contribution < -0.4 is 5.32 Å². The molecule has 2 aromatic rings. The van der Waals surface area contributed by atoms with Crippen molar-refractivity contribution in [3.63, 3.8) is 0 Å². The Morgan fingerprint density at radius 2 is 2.00 bits per heavy atom. The van der Waals surface area contributed by atoms with E-state index in [4.69, 9.17) is 23.2 Å². The Bertz CT molecular complexity index is 816. The van der Waals surface area contributed by atoms with Gasteiger partial charge in [0.15, 0.2) is 5.69 Å². The Morgan fingerprint density at radius 3 is 2.62 bits per heavy atom. The van der Waals surface area contributed by atoms with Gasteiger partial charge in [-0.25, -0.2) is 0 Å². The van der Waals surface area contributed by atoms with Crippen molar-refractivity contribution in [3.05, 3.63) is 51.3 Å². The predicted octanol–water partition coefficient (Wildman–Crippen LogP) is 4.91. The van der Waals surface area contributed by atoms with E-state index in [1.54, 1.807) is 6.07 Å². The number of halogens is 5. The minimum atomic E-state index is -4.45. The van der Waals surface area contributed by atoms with Gasteiger partial charge in [-0.1, -0.05) is 23.2 Å². The topological polar surface area (TPSA) is 46.9 Å². The van der Waals surface area contributed by atoms with Gasteiger partial charge in [-0.15, -0.1) is 0 Å². The standard InChI is InChI=1S/C17H16Cl2F3N3O/c18-11-4-5-12(13(19)8-11)16(26)23-6-1-7-25-14(10-2-3-10)9-15(24-25)17(20,21)22/h4-5,8-10H,1-3,6-7H2,(H,23,26). The molecular weight excluding hydrogens is 390 g/mol. The molecule has 1 aromatic carbocycles. The third-order valence-corrected chi connectivity index (χ3v) is 4.65. The van der Waals surface area contributed by atoms with E-state index in [-0.39, 0.29) is 16.8 Å². The molecule has 1 saturated carbocycles. The second-order valence-electron chi connectivity index (χ2n) is 6.18. The number of rotatable bonds is 6. The van der Waals surface area contributed by atoms with Crippen molar-refractivity contribution in [1.82, 2.24) is 15.1 Å². The molecule has 9 heteroatoms. The van der Waals surface area contributed by atoms with E-state index in [1.165, 1.54) is 16.8 Å². The summed E-state index contributed by atoms with van der Waals surface area (Å²) in [6.07, 6.45) is -2.23. The minimum absolute atomic E-state index is 0.154. The van der Waals surface area contributed by atoms with Crippen LogP contribution in [0.1, 0.15) is 46.9 Å². The molecule has 0 spiro atoms. The molecule has 1 aromatic heterocycles. The maximum Gasteiger partial charge on any atom is 0.435 e. The van der Waals surface area contributed by atoms with Crippen LogP contribution in [-0.4, -0.2) is 22.2 Å². The second-order valence-corrected chi connectivity index (χ2v) is 7.03. The highest BCUT2D eigenvalue weighted by Gasteiger charge is 2.37. The molecular formula is C17H16Cl2F3N3O. The average Bonchev–Trinajstić information content (AvgIpc) is 3.30. The number of alkyl halides is 3. The van der Waals surface area contributed by atoms with Crippen LogP contribution in [0.2, 0.25) is 10.0 Å². The highest BCUT2D eigenvalue weighted by Crippen LogP contribution is 2.42. The number of nitrogens with zero attached hydrogens (tertiary/aromatic N) is 2. The van der Waals surface area contributed by atoms with Gasteiger partial charge in [0.25, 0.3) is 5.91 Å². The number of carbonyl (C=O) groups excluding carboxylic acids is 1. The molecule has 0 radical (unpaired) electrons. The van der Waals surface area contributed by atoms with Crippen LogP contribution in [0.25, 0.3) is 0 Å². The van der Waals surface area contributed by atoms with Gasteiger partial charge >= 0.3 is 6.18 Å².